The second-order valence-corrected chi connectivity index (χ2v) is 8.88. The van der Waals surface area contributed by atoms with Gasteiger partial charge in [0.05, 0.1) is 46.5 Å². The molecule has 3 amide bonds. The van der Waals surface area contributed by atoms with E-state index >= 15 is 0 Å². The number of esters is 1. The van der Waals surface area contributed by atoms with E-state index in [2.05, 4.69) is 0 Å². The van der Waals surface area contributed by atoms with E-state index in [0.717, 1.165) is 4.90 Å². The molecule has 11 nitrogen and oxygen atoms in total. The molecule has 38 heavy (non-hydrogen) atoms. The first kappa shape index (κ1) is 24.6. The third-order valence-corrected chi connectivity index (χ3v) is 6.54. The zero-order chi connectivity index (χ0) is 27.1. The maximum absolute atomic E-state index is 12.9. The van der Waals surface area contributed by atoms with E-state index < -0.39 is 28.6 Å². The maximum atomic E-state index is 12.9. The van der Waals surface area contributed by atoms with Crippen molar-refractivity contribution in [2.24, 2.45) is 5.92 Å². The van der Waals surface area contributed by atoms with Crippen LogP contribution in [0.1, 0.15) is 32.7 Å². The van der Waals surface area contributed by atoms with Gasteiger partial charge in [0.15, 0.2) is 0 Å². The molecule has 0 aliphatic carbocycles. The van der Waals surface area contributed by atoms with Gasteiger partial charge in [-0.3, -0.25) is 29.3 Å². The van der Waals surface area contributed by atoms with Crippen molar-refractivity contribution < 1.29 is 33.6 Å². The molecule has 1 fully saturated rings. The zero-order valence-corrected chi connectivity index (χ0v) is 20.4. The first-order valence-corrected chi connectivity index (χ1v) is 11.6. The first-order valence-electron chi connectivity index (χ1n) is 11.6. The van der Waals surface area contributed by atoms with Crippen molar-refractivity contribution in [1.29, 1.82) is 0 Å². The van der Waals surface area contributed by atoms with Crippen LogP contribution < -0.4 is 19.3 Å². The third kappa shape index (κ3) is 4.13. The smallest absolute Gasteiger partial charge is 0.316 e. The summed E-state index contributed by atoms with van der Waals surface area (Å²) in [6.07, 6.45) is -0.106. The van der Waals surface area contributed by atoms with Gasteiger partial charge in [-0.15, -0.1) is 0 Å². The lowest BCUT2D eigenvalue weighted by atomic mass is 10.1. The van der Waals surface area contributed by atoms with Crippen molar-refractivity contribution in [2.75, 3.05) is 23.5 Å². The summed E-state index contributed by atoms with van der Waals surface area (Å²) in [5.74, 6) is -2.27. The number of hydrogen-bond acceptors (Lipinski definition) is 8. The molecule has 0 saturated carbocycles. The van der Waals surface area contributed by atoms with E-state index in [-0.39, 0.29) is 36.1 Å². The second kappa shape index (κ2) is 9.43. The first-order chi connectivity index (χ1) is 18.2. The number of nitro groups is 1. The number of rotatable bonds is 6. The monoisotopic (exact) mass is 515 g/mol. The number of carbonyl (C=O) groups excluding carboxylic acids is 4. The number of benzene rings is 3. The Kier molecular flexibility index (Phi) is 6.11. The molecule has 0 unspecified atom stereocenters. The highest BCUT2D eigenvalue weighted by Gasteiger charge is 2.39. The van der Waals surface area contributed by atoms with Crippen LogP contribution in [-0.4, -0.2) is 42.3 Å². The van der Waals surface area contributed by atoms with Gasteiger partial charge in [-0.2, -0.15) is 0 Å². The molecule has 0 bridgehead atoms. The van der Waals surface area contributed by atoms with Gasteiger partial charge in [-0.25, -0.2) is 4.90 Å². The fourth-order valence-corrected chi connectivity index (χ4v) is 4.65. The van der Waals surface area contributed by atoms with Crippen LogP contribution in [0.2, 0.25) is 0 Å². The number of nitrogens with zero attached hydrogens (tertiary/aromatic N) is 3. The molecule has 2 aliphatic rings. The number of hydrogen-bond donors (Lipinski definition) is 0. The van der Waals surface area contributed by atoms with Gasteiger partial charge < -0.3 is 14.4 Å². The largest absolute Gasteiger partial charge is 0.494 e. The second-order valence-electron chi connectivity index (χ2n) is 8.88. The van der Waals surface area contributed by atoms with E-state index in [9.17, 15) is 29.3 Å². The summed E-state index contributed by atoms with van der Waals surface area (Å²) in [4.78, 5) is 64.1. The molecular formula is C27H21N3O8. The predicted octanol–water partition coefficient (Wildman–Crippen LogP) is 3.67. The molecule has 2 heterocycles. The highest BCUT2D eigenvalue weighted by molar-refractivity contribution is 6.34. The van der Waals surface area contributed by atoms with Crippen molar-refractivity contribution in [1.82, 2.24) is 0 Å². The number of imide groups is 1. The van der Waals surface area contributed by atoms with E-state index in [1.165, 1.54) is 42.3 Å². The average molecular weight is 515 g/mol. The van der Waals surface area contributed by atoms with Crippen LogP contribution in [0.15, 0.2) is 60.7 Å². The van der Waals surface area contributed by atoms with E-state index in [0.29, 0.717) is 28.1 Å². The Labute approximate surface area is 216 Å². The average Bonchev–Trinajstić information content (AvgIpc) is 3.41. The third-order valence-electron chi connectivity index (χ3n) is 6.54. The molecule has 0 radical (unpaired) electrons. The lowest BCUT2D eigenvalue weighted by Gasteiger charge is -2.19. The van der Waals surface area contributed by atoms with E-state index in [1.807, 2.05) is 0 Å². The summed E-state index contributed by atoms with van der Waals surface area (Å²) in [6.45, 7) is 1.70. The Morgan fingerprint density at radius 1 is 0.974 bits per heavy atom. The zero-order valence-electron chi connectivity index (χ0n) is 20.4. The highest BCUT2D eigenvalue weighted by atomic mass is 16.6. The lowest BCUT2D eigenvalue weighted by molar-refractivity contribution is -0.384. The van der Waals surface area contributed by atoms with Gasteiger partial charge in [-0.05, 0) is 48.9 Å². The fourth-order valence-electron chi connectivity index (χ4n) is 4.65. The van der Waals surface area contributed by atoms with Crippen molar-refractivity contribution >= 4 is 40.8 Å². The maximum Gasteiger partial charge on any atom is 0.316 e. The van der Waals surface area contributed by atoms with E-state index in [1.54, 1.807) is 37.3 Å². The number of amides is 3. The molecule has 0 spiro atoms. The minimum absolute atomic E-state index is 0.0118. The molecule has 2 aliphatic heterocycles. The minimum atomic E-state index is -0.779. The van der Waals surface area contributed by atoms with E-state index in [4.69, 9.17) is 9.47 Å². The Morgan fingerprint density at radius 3 is 2.24 bits per heavy atom. The fraction of sp³-hybridized carbons (Fsp3) is 0.185. The topological polar surface area (TPSA) is 136 Å². The Hall–Kier alpha value is -5.06. The number of ether oxygens (including phenoxy) is 2. The highest BCUT2D eigenvalue weighted by Crippen LogP contribution is 2.37. The van der Waals surface area contributed by atoms with Gasteiger partial charge in [0, 0.05) is 19.0 Å². The van der Waals surface area contributed by atoms with Crippen LogP contribution in [0.3, 0.4) is 0 Å². The van der Waals surface area contributed by atoms with Crippen LogP contribution >= 0.6 is 0 Å². The predicted molar refractivity (Wildman–Crippen MR) is 135 cm³/mol. The quantitative estimate of drug-likeness (QED) is 0.159. The van der Waals surface area contributed by atoms with Crippen LogP contribution in [-0.2, 0) is 9.59 Å². The van der Waals surface area contributed by atoms with Gasteiger partial charge in [-0.1, -0.05) is 12.1 Å². The molecule has 5 rings (SSSR count). The summed E-state index contributed by atoms with van der Waals surface area (Å²) in [5.41, 5.74) is 1.71. The normalized spacial score (nSPS) is 16.6. The number of aryl methyl sites for hydroxylation is 1. The van der Waals surface area contributed by atoms with Crippen molar-refractivity contribution in [3.8, 4) is 11.5 Å². The summed E-state index contributed by atoms with van der Waals surface area (Å²) in [5, 5.41) is 11.1. The van der Waals surface area contributed by atoms with Crippen LogP contribution in [0.25, 0.3) is 0 Å². The molecule has 1 saturated heterocycles. The lowest BCUT2D eigenvalue weighted by Crippen LogP contribution is -2.30. The van der Waals surface area contributed by atoms with Gasteiger partial charge in [0.25, 0.3) is 17.5 Å². The van der Waals surface area contributed by atoms with Crippen LogP contribution in [0.4, 0.5) is 17.1 Å². The number of fused-ring (bicyclic) bond motifs is 1. The Morgan fingerprint density at radius 2 is 1.63 bits per heavy atom. The number of non-ortho nitro benzene ring substituents is 1. The van der Waals surface area contributed by atoms with Gasteiger partial charge in [0.2, 0.25) is 5.91 Å². The van der Waals surface area contributed by atoms with Crippen LogP contribution in [0, 0.1) is 23.0 Å². The number of carbonyl (C=O) groups is 4. The number of anilines is 2. The summed E-state index contributed by atoms with van der Waals surface area (Å²) < 4.78 is 10.7. The van der Waals surface area contributed by atoms with Gasteiger partial charge in [0.1, 0.15) is 11.5 Å². The molecule has 3 aromatic carbocycles. The van der Waals surface area contributed by atoms with Crippen molar-refractivity contribution in [3.63, 3.8) is 0 Å². The van der Waals surface area contributed by atoms with Gasteiger partial charge >= 0.3 is 5.97 Å². The molecule has 3 aromatic rings. The Balaban J connectivity index is 1.30. The van der Waals surface area contributed by atoms with Crippen LogP contribution in [0.5, 0.6) is 11.5 Å². The summed E-state index contributed by atoms with van der Waals surface area (Å²) in [7, 11) is 1.34. The molecular weight excluding hydrogens is 494 g/mol. The molecule has 0 aromatic heterocycles. The number of nitro benzene ring substituents is 1. The summed E-state index contributed by atoms with van der Waals surface area (Å²) in [6, 6.07) is 15.0. The number of methoxy groups -OCH3 is 1. The summed E-state index contributed by atoms with van der Waals surface area (Å²) >= 11 is 0. The minimum Gasteiger partial charge on any atom is -0.494 e. The molecule has 0 N–H and O–H groups in total. The molecule has 192 valence electrons. The molecule has 11 heteroatoms. The van der Waals surface area contributed by atoms with Crippen molar-refractivity contribution in [2.45, 2.75) is 13.3 Å². The SMILES string of the molecule is COc1cc([N+](=O)[O-])ccc1N1C[C@@H](C(=O)Oc2ccc(N3C(=O)c4ccccc4C3=O)c(C)c2)CC1=O. The van der Waals surface area contributed by atoms with Crippen molar-refractivity contribution in [3.05, 3.63) is 87.5 Å². The standard InChI is InChI=1S/C27H21N3O8/c1-15-11-18(8-10-21(15)29-25(32)19-5-3-4-6-20(19)26(29)33)38-27(34)16-12-24(31)28(14-16)22-9-7-17(30(35)36)13-23(22)37-2/h3-11,13,16H,12,14H2,1-2H3/t16-/m0/s1. The Bertz CT molecular complexity index is 1500. The molecule has 1 atom stereocenters.